The third kappa shape index (κ3) is 5.49. The molecule has 0 unspecified atom stereocenters. The van der Waals surface area contributed by atoms with Crippen LogP contribution in [-0.2, 0) is 10.2 Å². The third-order valence-electron chi connectivity index (χ3n) is 3.14. The molecule has 1 aromatic heterocycles. The summed E-state index contributed by atoms with van der Waals surface area (Å²) in [5.74, 6) is 0.796. The first-order valence-electron chi connectivity index (χ1n) is 7.26. The smallest absolute Gasteiger partial charge is 0.277 e. The number of carbonyl (C=O) groups is 1. The van der Waals surface area contributed by atoms with Crippen LogP contribution >= 0.6 is 31.9 Å². The van der Waals surface area contributed by atoms with Gasteiger partial charge in [-0.05, 0) is 55.0 Å². The molecule has 0 bridgehead atoms. The van der Waals surface area contributed by atoms with E-state index in [2.05, 4.69) is 63.2 Å². The maximum atomic E-state index is 11.7. The molecule has 0 spiro atoms. The first-order valence-corrected chi connectivity index (χ1v) is 8.84. The molecule has 128 valence electrons. The largest absolute Gasteiger partial charge is 0.484 e. The Kier molecular flexibility index (Phi) is 6.23. The first kappa shape index (κ1) is 18.7. The Balaban J connectivity index is 1.80. The van der Waals surface area contributed by atoms with Crippen LogP contribution in [0.1, 0.15) is 32.1 Å². The number of halogens is 2. The molecule has 1 N–H and O–H groups in total. The minimum Gasteiger partial charge on any atom is -0.484 e. The highest BCUT2D eigenvalue weighted by atomic mass is 79.9. The van der Waals surface area contributed by atoms with Gasteiger partial charge in [0.2, 0.25) is 0 Å². The van der Waals surface area contributed by atoms with Crippen LogP contribution in [0, 0.1) is 0 Å². The maximum Gasteiger partial charge on any atom is 0.277 e. The fourth-order valence-corrected chi connectivity index (χ4v) is 2.44. The highest BCUT2D eigenvalue weighted by Gasteiger charge is 2.13. The molecule has 0 saturated carbocycles. The lowest BCUT2D eigenvalue weighted by Crippen LogP contribution is -2.24. The molecule has 0 fully saturated rings. The summed E-state index contributed by atoms with van der Waals surface area (Å²) in [5, 5.41) is 3.81. The number of hydrazone groups is 1. The van der Waals surface area contributed by atoms with E-state index in [-0.39, 0.29) is 17.9 Å². The van der Waals surface area contributed by atoms with Crippen molar-refractivity contribution in [2.45, 2.75) is 26.2 Å². The number of amides is 1. The molecule has 0 saturated heterocycles. The van der Waals surface area contributed by atoms with Gasteiger partial charge in [0.05, 0.1) is 10.7 Å². The summed E-state index contributed by atoms with van der Waals surface area (Å²) < 4.78 is 12.1. The standard InChI is InChI=1S/C17H18Br2N2O3/c1-17(2,3)11-4-6-12(7-5-11)23-10-15(22)21-20-9-13-8-14(18)16(19)24-13/h4-9H,10H2,1-3H3,(H,21,22)/b20-9-. The van der Waals surface area contributed by atoms with Gasteiger partial charge >= 0.3 is 0 Å². The number of hydrogen-bond donors (Lipinski definition) is 1. The van der Waals surface area contributed by atoms with Crippen LogP contribution in [0.15, 0.2) is 49.0 Å². The van der Waals surface area contributed by atoms with E-state index in [1.54, 1.807) is 6.07 Å². The third-order valence-corrected chi connectivity index (χ3v) is 4.85. The fourth-order valence-electron chi connectivity index (χ4n) is 1.83. The molecule has 1 amide bonds. The second-order valence-corrected chi connectivity index (χ2v) is 7.70. The van der Waals surface area contributed by atoms with Crippen molar-refractivity contribution in [1.82, 2.24) is 5.43 Å². The lowest BCUT2D eigenvalue weighted by Gasteiger charge is -2.19. The van der Waals surface area contributed by atoms with Gasteiger partial charge in [-0.1, -0.05) is 32.9 Å². The Morgan fingerprint density at radius 3 is 2.50 bits per heavy atom. The van der Waals surface area contributed by atoms with Crippen molar-refractivity contribution in [1.29, 1.82) is 0 Å². The summed E-state index contributed by atoms with van der Waals surface area (Å²) in [5.41, 5.74) is 3.67. The molecule has 24 heavy (non-hydrogen) atoms. The predicted molar refractivity (Wildman–Crippen MR) is 100 cm³/mol. The van der Waals surface area contributed by atoms with E-state index in [9.17, 15) is 4.79 Å². The van der Waals surface area contributed by atoms with Gasteiger partial charge in [-0.3, -0.25) is 4.79 Å². The monoisotopic (exact) mass is 456 g/mol. The van der Waals surface area contributed by atoms with E-state index < -0.39 is 0 Å². The van der Waals surface area contributed by atoms with Gasteiger partial charge in [0.15, 0.2) is 11.3 Å². The van der Waals surface area contributed by atoms with Crippen LogP contribution in [0.25, 0.3) is 0 Å². The Bertz CT molecular complexity index is 712. The molecule has 0 aliphatic carbocycles. The van der Waals surface area contributed by atoms with Gasteiger partial charge in [0.1, 0.15) is 11.5 Å². The number of benzene rings is 1. The van der Waals surface area contributed by atoms with Gasteiger partial charge in [-0.2, -0.15) is 5.10 Å². The van der Waals surface area contributed by atoms with Crippen LogP contribution < -0.4 is 10.2 Å². The van der Waals surface area contributed by atoms with Crippen molar-refractivity contribution in [2.24, 2.45) is 5.10 Å². The summed E-state index contributed by atoms with van der Waals surface area (Å²) in [4.78, 5) is 11.7. The molecule has 1 aromatic carbocycles. The van der Waals surface area contributed by atoms with Gasteiger partial charge in [0, 0.05) is 6.07 Å². The SMILES string of the molecule is CC(C)(C)c1ccc(OCC(=O)N/N=C\c2cc(Br)c(Br)o2)cc1. The fraction of sp³-hybridized carbons (Fsp3) is 0.294. The molecule has 2 rings (SSSR count). The number of furan rings is 1. The van der Waals surface area contributed by atoms with Gasteiger partial charge < -0.3 is 9.15 Å². The summed E-state index contributed by atoms with van der Waals surface area (Å²) in [6.07, 6.45) is 1.41. The van der Waals surface area contributed by atoms with Gasteiger partial charge in [0.25, 0.3) is 5.91 Å². The summed E-state index contributed by atoms with van der Waals surface area (Å²) >= 11 is 6.52. The predicted octanol–water partition coefficient (Wildman–Crippen LogP) is 4.63. The number of hydrogen-bond acceptors (Lipinski definition) is 4. The molecule has 0 aliphatic rings. The van der Waals surface area contributed by atoms with Crippen LogP contribution in [0.4, 0.5) is 0 Å². The van der Waals surface area contributed by atoms with E-state index in [1.807, 2.05) is 24.3 Å². The highest BCUT2D eigenvalue weighted by Crippen LogP contribution is 2.26. The van der Waals surface area contributed by atoms with Crippen LogP contribution in [0.2, 0.25) is 0 Å². The molecule has 2 aromatic rings. The van der Waals surface area contributed by atoms with Gasteiger partial charge in [-0.15, -0.1) is 0 Å². The van der Waals surface area contributed by atoms with Crippen molar-refractivity contribution in [3.05, 3.63) is 50.8 Å². The second-order valence-electron chi connectivity index (χ2n) is 6.13. The zero-order chi connectivity index (χ0) is 17.7. The van der Waals surface area contributed by atoms with Crippen molar-refractivity contribution in [3.8, 4) is 5.75 Å². The number of nitrogens with zero attached hydrogens (tertiary/aromatic N) is 1. The zero-order valence-electron chi connectivity index (χ0n) is 13.6. The maximum absolute atomic E-state index is 11.7. The molecule has 1 heterocycles. The van der Waals surface area contributed by atoms with Gasteiger partial charge in [-0.25, -0.2) is 5.43 Å². The van der Waals surface area contributed by atoms with Crippen molar-refractivity contribution >= 4 is 44.0 Å². The van der Waals surface area contributed by atoms with E-state index in [0.717, 1.165) is 4.47 Å². The van der Waals surface area contributed by atoms with Crippen LogP contribution in [-0.4, -0.2) is 18.7 Å². The van der Waals surface area contributed by atoms with Crippen molar-refractivity contribution < 1.29 is 13.9 Å². The topological polar surface area (TPSA) is 63.8 Å². The molecular weight excluding hydrogens is 440 g/mol. The van der Waals surface area contributed by atoms with Crippen molar-refractivity contribution in [3.63, 3.8) is 0 Å². The number of ether oxygens (including phenoxy) is 1. The average Bonchev–Trinajstić information content (AvgIpc) is 2.83. The minimum atomic E-state index is -0.351. The molecular formula is C17H18Br2N2O3. The van der Waals surface area contributed by atoms with E-state index >= 15 is 0 Å². The Morgan fingerprint density at radius 1 is 1.29 bits per heavy atom. The average molecular weight is 458 g/mol. The van der Waals surface area contributed by atoms with Crippen LogP contribution in [0.3, 0.4) is 0 Å². The molecule has 0 aliphatic heterocycles. The summed E-state index contributed by atoms with van der Waals surface area (Å²) in [7, 11) is 0. The number of rotatable bonds is 5. The zero-order valence-corrected chi connectivity index (χ0v) is 16.8. The Morgan fingerprint density at radius 2 is 1.96 bits per heavy atom. The lowest BCUT2D eigenvalue weighted by atomic mass is 9.87. The minimum absolute atomic E-state index is 0.0838. The van der Waals surface area contributed by atoms with E-state index in [1.165, 1.54) is 11.8 Å². The first-order chi connectivity index (χ1) is 11.3. The molecule has 5 nitrogen and oxygen atoms in total. The molecule has 7 heteroatoms. The molecule has 0 atom stereocenters. The Hall–Kier alpha value is -1.60. The van der Waals surface area contributed by atoms with Crippen molar-refractivity contribution in [2.75, 3.05) is 6.61 Å². The van der Waals surface area contributed by atoms with Crippen LogP contribution in [0.5, 0.6) is 5.75 Å². The summed E-state index contributed by atoms with van der Waals surface area (Å²) in [6, 6.07) is 9.44. The Labute approximate surface area is 157 Å². The number of carbonyl (C=O) groups excluding carboxylic acids is 1. The quantitative estimate of drug-likeness (QED) is 0.525. The normalized spacial score (nSPS) is 11.7. The van der Waals surface area contributed by atoms with E-state index in [4.69, 9.17) is 9.15 Å². The number of nitrogens with one attached hydrogen (secondary N) is 1. The highest BCUT2D eigenvalue weighted by molar-refractivity contribution is 9.13. The molecule has 0 radical (unpaired) electrons. The second kappa shape index (κ2) is 7.98. The lowest BCUT2D eigenvalue weighted by molar-refractivity contribution is -0.123. The summed E-state index contributed by atoms with van der Waals surface area (Å²) in [6.45, 7) is 6.32. The van der Waals surface area contributed by atoms with E-state index in [0.29, 0.717) is 16.2 Å².